The Bertz CT molecular complexity index is 1190. The summed E-state index contributed by atoms with van der Waals surface area (Å²) >= 11 is 1.60. The number of hydrogen-bond donors (Lipinski definition) is 2. The van der Waals surface area contributed by atoms with Crippen molar-refractivity contribution in [3.05, 3.63) is 58.6 Å². The van der Waals surface area contributed by atoms with Gasteiger partial charge in [-0.05, 0) is 37.8 Å². The number of benzene rings is 1. The van der Waals surface area contributed by atoms with Crippen LogP contribution in [0, 0.1) is 19.8 Å². The largest absolute Gasteiger partial charge is 0.391 e. The van der Waals surface area contributed by atoms with E-state index in [4.69, 9.17) is 4.52 Å². The van der Waals surface area contributed by atoms with E-state index in [1.54, 1.807) is 24.3 Å². The number of aliphatic hydroxyl groups excluding tert-OH is 1. The molecule has 1 saturated heterocycles. The van der Waals surface area contributed by atoms with Crippen molar-refractivity contribution in [2.24, 2.45) is 5.92 Å². The fraction of sp³-hybridized carbons (Fsp3) is 0.462. The van der Waals surface area contributed by atoms with E-state index < -0.39 is 18.1 Å². The Labute approximate surface area is 209 Å². The molecule has 2 aromatic heterocycles. The van der Waals surface area contributed by atoms with E-state index in [1.165, 1.54) is 4.90 Å². The third-order valence-electron chi connectivity index (χ3n) is 6.53. The molecule has 2 N–H and O–H groups in total. The van der Waals surface area contributed by atoms with Gasteiger partial charge in [0.25, 0.3) is 0 Å². The number of likely N-dealkylation sites (tertiary alicyclic amines) is 1. The van der Waals surface area contributed by atoms with Crippen molar-refractivity contribution < 1.29 is 19.2 Å². The third kappa shape index (κ3) is 5.31. The van der Waals surface area contributed by atoms with Gasteiger partial charge in [-0.3, -0.25) is 9.59 Å². The number of amides is 2. The Morgan fingerprint density at radius 2 is 1.91 bits per heavy atom. The third-order valence-corrected chi connectivity index (χ3v) is 7.50. The van der Waals surface area contributed by atoms with Crippen LogP contribution in [0.3, 0.4) is 0 Å². The molecular formula is C26H32N4O4S. The molecule has 1 fully saturated rings. The predicted octanol–water partition coefficient (Wildman–Crippen LogP) is 3.99. The van der Waals surface area contributed by atoms with Gasteiger partial charge in [0.05, 0.1) is 33.9 Å². The van der Waals surface area contributed by atoms with E-state index in [-0.39, 0.29) is 36.7 Å². The maximum Gasteiger partial charge on any atom is 0.243 e. The summed E-state index contributed by atoms with van der Waals surface area (Å²) in [4.78, 5) is 33.7. The molecule has 1 unspecified atom stereocenters. The number of aryl methyl sites for hydroxylation is 2. The lowest BCUT2D eigenvalue weighted by atomic mass is 9.91. The van der Waals surface area contributed by atoms with Crippen LogP contribution in [-0.4, -0.2) is 50.7 Å². The van der Waals surface area contributed by atoms with Crippen LogP contribution < -0.4 is 5.32 Å². The summed E-state index contributed by atoms with van der Waals surface area (Å²) in [5.41, 5.74) is 5.56. The molecule has 1 aromatic carbocycles. The molecule has 0 spiro atoms. The van der Waals surface area contributed by atoms with Crippen molar-refractivity contribution in [2.75, 3.05) is 6.54 Å². The molecule has 4 rings (SSSR count). The van der Waals surface area contributed by atoms with E-state index in [1.807, 2.05) is 57.5 Å². The maximum atomic E-state index is 13.5. The summed E-state index contributed by atoms with van der Waals surface area (Å²) in [6.07, 6.45) is -0.551. The monoisotopic (exact) mass is 496 g/mol. The summed E-state index contributed by atoms with van der Waals surface area (Å²) in [7, 11) is 0. The molecule has 9 heteroatoms. The van der Waals surface area contributed by atoms with Gasteiger partial charge in [0.1, 0.15) is 17.7 Å². The molecule has 1 aliphatic rings. The highest BCUT2D eigenvalue weighted by molar-refractivity contribution is 7.13. The number of aliphatic hydroxyl groups is 1. The van der Waals surface area contributed by atoms with E-state index in [9.17, 15) is 14.7 Å². The highest BCUT2D eigenvalue weighted by Gasteiger charge is 2.43. The zero-order chi connectivity index (χ0) is 25.3. The van der Waals surface area contributed by atoms with Crippen molar-refractivity contribution in [3.63, 3.8) is 0 Å². The molecule has 8 nitrogen and oxygen atoms in total. The Morgan fingerprint density at radius 3 is 2.49 bits per heavy atom. The van der Waals surface area contributed by atoms with Gasteiger partial charge in [0, 0.05) is 19.0 Å². The van der Waals surface area contributed by atoms with Gasteiger partial charge in [-0.1, -0.05) is 43.3 Å². The topological polar surface area (TPSA) is 109 Å². The Morgan fingerprint density at radius 1 is 1.20 bits per heavy atom. The minimum atomic E-state index is -0.754. The highest BCUT2D eigenvalue weighted by atomic mass is 32.1. The first-order valence-electron chi connectivity index (χ1n) is 11.9. The zero-order valence-electron chi connectivity index (χ0n) is 20.7. The van der Waals surface area contributed by atoms with Crippen LogP contribution in [0.15, 0.2) is 40.4 Å². The second kappa shape index (κ2) is 10.3. The SMILES string of the molecule is Cc1cc([C@H](C(=O)N2CC(O)C[C@H]2C(=O)N[C@@H](C)c2ccc(-c3scnc3C)cc2)C(C)C)on1. The van der Waals surface area contributed by atoms with Gasteiger partial charge in [0.2, 0.25) is 11.8 Å². The highest BCUT2D eigenvalue weighted by Crippen LogP contribution is 2.32. The lowest BCUT2D eigenvalue weighted by molar-refractivity contribution is -0.141. The lowest BCUT2D eigenvalue weighted by Gasteiger charge is -2.29. The van der Waals surface area contributed by atoms with Crippen LogP contribution in [0.2, 0.25) is 0 Å². The van der Waals surface area contributed by atoms with Gasteiger partial charge in [0.15, 0.2) is 0 Å². The number of nitrogens with one attached hydrogen (secondary N) is 1. The minimum absolute atomic E-state index is 0.0593. The predicted molar refractivity (Wildman–Crippen MR) is 134 cm³/mol. The second-order valence-corrected chi connectivity index (χ2v) is 10.5. The molecule has 0 radical (unpaired) electrons. The smallest absolute Gasteiger partial charge is 0.243 e. The van der Waals surface area contributed by atoms with Crippen molar-refractivity contribution in [1.29, 1.82) is 0 Å². The van der Waals surface area contributed by atoms with E-state index in [2.05, 4.69) is 15.5 Å². The molecular weight excluding hydrogens is 464 g/mol. The summed E-state index contributed by atoms with van der Waals surface area (Å²) in [6.45, 7) is 9.68. The molecule has 2 amide bonds. The summed E-state index contributed by atoms with van der Waals surface area (Å²) in [5, 5.41) is 17.3. The van der Waals surface area contributed by atoms with Crippen LogP contribution in [0.25, 0.3) is 10.4 Å². The van der Waals surface area contributed by atoms with Crippen LogP contribution in [0.1, 0.15) is 61.9 Å². The van der Waals surface area contributed by atoms with Crippen molar-refractivity contribution in [2.45, 2.75) is 65.1 Å². The van der Waals surface area contributed by atoms with E-state index in [0.717, 1.165) is 21.7 Å². The number of aromatic nitrogens is 2. The molecule has 186 valence electrons. The number of carbonyl (C=O) groups is 2. The number of β-amino-alcohol motifs (C(OH)–C–C–N with tert-alkyl or cyclic N) is 1. The molecule has 3 aromatic rings. The number of rotatable bonds is 7. The molecule has 35 heavy (non-hydrogen) atoms. The quantitative estimate of drug-likeness (QED) is 0.512. The number of thiazole rings is 1. The first-order chi connectivity index (χ1) is 16.7. The maximum absolute atomic E-state index is 13.5. The van der Waals surface area contributed by atoms with Gasteiger partial charge in [-0.25, -0.2) is 4.98 Å². The number of carbonyl (C=O) groups excluding carboxylic acids is 2. The fourth-order valence-corrected chi connectivity index (χ4v) is 5.46. The number of nitrogens with zero attached hydrogens (tertiary/aromatic N) is 3. The Kier molecular flexibility index (Phi) is 7.37. The standard InChI is InChI=1S/C26H32N4O4S/c1-14(2)23(22-10-15(3)29-34-22)26(33)30-12-20(31)11-21(30)25(32)28-16(4)18-6-8-19(9-7-18)24-17(5)27-13-35-24/h6-10,13-14,16,20-21,23,31H,11-12H2,1-5H3,(H,28,32)/t16-,20?,21-,23+/m0/s1. The molecule has 0 bridgehead atoms. The van der Waals surface area contributed by atoms with Crippen molar-refractivity contribution >= 4 is 23.2 Å². The Hall–Kier alpha value is -3.04. The molecule has 1 aliphatic heterocycles. The Balaban J connectivity index is 1.47. The van der Waals surface area contributed by atoms with Crippen molar-refractivity contribution in [3.8, 4) is 10.4 Å². The van der Waals surface area contributed by atoms with Gasteiger partial charge in [-0.15, -0.1) is 11.3 Å². The second-order valence-electron chi connectivity index (χ2n) is 9.61. The molecule has 0 aliphatic carbocycles. The molecule has 3 heterocycles. The van der Waals surface area contributed by atoms with Crippen LogP contribution in [-0.2, 0) is 9.59 Å². The van der Waals surface area contributed by atoms with Gasteiger partial charge >= 0.3 is 0 Å². The first-order valence-corrected chi connectivity index (χ1v) is 12.8. The summed E-state index contributed by atoms with van der Waals surface area (Å²) < 4.78 is 5.39. The van der Waals surface area contributed by atoms with Crippen LogP contribution in [0.4, 0.5) is 0 Å². The van der Waals surface area contributed by atoms with Crippen LogP contribution in [0.5, 0.6) is 0 Å². The first kappa shape index (κ1) is 25.1. The van der Waals surface area contributed by atoms with Gasteiger partial charge < -0.3 is 19.8 Å². The normalized spacial score (nSPS) is 19.7. The molecule has 0 saturated carbocycles. The minimum Gasteiger partial charge on any atom is -0.391 e. The summed E-state index contributed by atoms with van der Waals surface area (Å²) in [5.74, 6) is -0.661. The van der Waals surface area contributed by atoms with E-state index >= 15 is 0 Å². The van der Waals surface area contributed by atoms with Crippen LogP contribution >= 0.6 is 11.3 Å². The van der Waals surface area contributed by atoms with Crippen molar-refractivity contribution in [1.82, 2.24) is 20.4 Å². The van der Waals surface area contributed by atoms with E-state index in [0.29, 0.717) is 11.5 Å². The zero-order valence-corrected chi connectivity index (χ0v) is 21.5. The van der Waals surface area contributed by atoms with Gasteiger partial charge in [-0.2, -0.15) is 0 Å². The average molecular weight is 497 g/mol. The summed E-state index contributed by atoms with van der Waals surface area (Å²) in [6, 6.07) is 8.79. The molecule has 4 atom stereocenters. The fourth-order valence-electron chi connectivity index (χ4n) is 4.64. The average Bonchev–Trinajstić information content (AvgIpc) is 3.53. The lowest BCUT2D eigenvalue weighted by Crippen LogP contribution is -2.48. The number of hydrogen-bond acceptors (Lipinski definition) is 7.